The van der Waals surface area contributed by atoms with Crippen molar-refractivity contribution in [2.24, 2.45) is 0 Å². The summed E-state index contributed by atoms with van der Waals surface area (Å²) >= 11 is 5.83. The van der Waals surface area contributed by atoms with Crippen molar-refractivity contribution in [2.75, 3.05) is 32.7 Å². The molecule has 1 amide bonds. The molecule has 1 aliphatic heterocycles. The zero-order valence-corrected chi connectivity index (χ0v) is 14.7. The quantitative estimate of drug-likeness (QED) is 0.831. The van der Waals surface area contributed by atoms with E-state index in [-0.39, 0.29) is 5.91 Å². The molecule has 0 unspecified atom stereocenters. The number of amides is 1. The van der Waals surface area contributed by atoms with Gasteiger partial charge in [0.25, 0.3) is 10.2 Å². The Hall–Kier alpha value is -1.15. The fourth-order valence-corrected chi connectivity index (χ4v) is 3.83. The highest BCUT2D eigenvalue weighted by Crippen LogP contribution is 2.13. The van der Waals surface area contributed by atoms with Gasteiger partial charge in [-0.25, -0.2) is 4.72 Å². The number of rotatable bonds is 6. The Bertz CT molecular complexity index is 626. The monoisotopic (exact) mass is 359 g/mol. The van der Waals surface area contributed by atoms with E-state index in [0.717, 1.165) is 5.56 Å². The summed E-state index contributed by atoms with van der Waals surface area (Å²) < 4.78 is 27.7. The number of hydrogen-bond acceptors (Lipinski definition) is 3. The minimum Gasteiger partial charge on any atom is -0.340 e. The molecule has 1 N–H and O–H groups in total. The van der Waals surface area contributed by atoms with Gasteiger partial charge in [-0.3, -0.25) is 4.79 Å². The maximum atomic E-state index is 12.2. The molecule has 0 saturated carbocycles. The number of aryl methyl sites for hydroxylation is 1. The third kappa shape index (κ3) is 5.17. The van der Waals surface area contributed by atoms with E-state index in [9.17, 15) is 13.2 Å². The van der Waals surface area contributed by atoms with Crippen molar-refractivity contribution in [1.82, 2.24) is 13.9 Å². The van der Waals surface area contributed by atoms with Crippen molar-refractivity contribution in [3.05, 3.63) is 34.9 Å². The van der Waals surface area contributed by atoms with Gasteiger partial charge in [0, 0.05) is 44.2 Å². The van der Waals surface area contributed by atoms with E-state index in [1.54, 1.807) is 11.8 Å². The number of nitrogens with one attached hydrogen (secondary N) is 1. The molecule has 0 aromatic heterocycles. The van der Waals surface area contributed by atoms with E-state index < -0.39 is 10.2 Å². The van der Waals surface area contributed by atoms with Crippen LogP contribution in [0.15, 0.2) is 24.3 Å². The first-order valence-electron chi connectivity index (χ1n) is 7.69. The topological polar surface area (TPSA) is 69.7 Å². The number of carbonyl (C=O) groups excluding carboxylic acids is 1. The van der Waals surface area contributed by atoms with Crippen LogP contribution in [0.2, 0.25) is 5.02 Å². The molecule has 128 valence electrons. The molecule has 0 radical (unpaired) electrons. The van der Waals surface area contributed by atoms with Crippen LogP contribution >= 0.6 is 11.6 Å². The molecular formula is C15H22ClN3O3S. The summed E-state index contributed by atoms with van der Waals surface area (Å²) in [5.41, 5.74) is 1.07. The normalized spacial score (nSPS) is 16.5. The lowest BCUT2D eigenvalue weighted by atomic mass is 10.1. The summed E-state index contributed by atoms with van der Waals surface area (Å²) in [5, 5.41) is 0.679. The zero-order valence-electron chi connectivity index (χ0n) is 13.2. The van der Waals surface area contributed by atoms with Crippen LogP contribution in [0.4, 0.5) is 0 Å². The Labute approximate surface area is 142 Å². The number of nitrogens with zero attached hydrogens (tertiary/aromatic N) is 2. The zero-order chi connectivity index (χ0) is 16.9. The van der Waals surface area contributed by atoms with Crippen molar-refractivity contribution in [3.63, 3.8) is 0 Å². The van der Waals surface area contributed by atoms with E-state index in [4.69, 9.17) is 11.6 Å². The number of piperazine rings is 1. The standard InChI is InChI=1S/C15H22ClN3O3S/c1-2-17-23(21,22)19-11-9-18(10-12-19)15(20)8-5-13-3-6-14(16)7-4-13/h3-4,6-7,17H,2,5,8-12H2,1H3. The highest BCUT2D eigenvalue weighted by Gasteiger charge is 2.27. The number of carbonyl (C=O) groups is 1. The molecule has 1 aliphatic rings. The van der Waals surface area contributed by atoms with Crippen LogP contribution < -0.4 is 4.72 Å². The molecular weight excluding hydrogens is 338 g/mol. The summed E-state index contributed by atoms with van der Waals surface area (Å²) in [6.07, 6.45) is 1.08. The third-order valence-corrected chi connectivity index (χ3v) is 5.75. The minimum absolute atomic E-state index is 0.0560. The van der Waals surface area contributed by atoms with E-state index >= 15 is 0 Å². The smallest absolute Gasteiger partial charge is 0.279 e. The van der Waals surface area contributed by atoms with E-state index in [1.165, 1.54) is 4.31 Å². The van der Waals surface area contributed by atoms with Gasteiger partial charge in [-0.05, 0) is 24.1 Å². The molecule has 0 spiro atoms. The number of halogens is 1. The van der Waals surface area contributed by atoms with Gasteiger partial charge in [-0.2, -0.15) is 12.7 Å². The lowest BCUT2D eigenvalue weighted by Gasteiger charge is -2.34. The van der Waals surface area contributed by atoms with Crippen molar-refractivity contribution in [3.8, 4) is 0 Å². The Kier molecular flexibility index (Phi) is 6.41. The Balaban J connectivity index is 1.80. The van der Waals surface area contributed by atoms with Gasteiger partial charge in [0.15, 0.2) is 0 Å². The average molecular weight is 360 g/mol. The van der Waals surface area contributed by atoms with Crippen molar-refractivity contribution in [1.29, 1.82) is 0 Å². The molecule has 23 heavy (non-hydrogen) atoms. The lowest BCUT2D eigenvalue weighted by molar-refractivity contribution is -0.132. The van der Waals surface area contributed by atoms with Crippen LogP contribution in [0.3, 0.4) is 0 Å². The van der Waals surface area contributed by atoms with Crippen LogP contribution in [0, 0.1) is 0 Å². The highest BCUT2D eigenvalue weighted by atomic mass is 35.5. The molecule has 0 bridgehead atoms. The van der Waals surface area contributed by atoms with E-state index in [2.05, 4.69) is 4.72 Å². The van der Waals surface area contributed by atoms with Gasteiger partial charge in [0.1, 0.15) is 0 Å². The maximum Gasteiger partial charge on any atom is 0.279 e. The largest absolute Gasteiger partial charge is 0.340 e. The van der Waals surface area contributed by atoms with Crippen LogP contribution in [0.1, 0.15) is 18.9 Å². The van der Waals surface area contributed by atoms with Crippen LogP contribution in [0.25, 0.3) is 0 Å². The van der Waals surface area contributed by atoms with E-state index in [0.29, 0.717) is 50.6 Å². The summed E-state index contributed by atoms with van der Waals surface area (Å²) in [4.78, 5) is 14.0. The third-order valence-electron chi connectivity index (χ3n) is 3.80. The van der Waals surface area contributed by atoms with Crippen LogP contribution in [0.5, 0.6) is 0 Å². The molecule has 1 fully saturated rings. The first kappa shape index (κ1) is 18.2. The molecule has 1 aromatic carbocycles. The van der Waals surface area contributed by atoms with Crippen LogP contribution in [-0.4, -0.2) is 56.3 Å². The summed E-state index contributed by atoms with van der Waals surface area (Å²) in [6, 6.07) is 7.45. The van der Waals surface area contributed by atoms with Crippen molar-refractivity contribution in [2.45, 2.75) is 19.8 Å². The summed E-state index contributed by atoms with van der Waals surface area (Å²) in [6.45, 7) is 3.65. The number of benzene rings is 1. The second-order valence-electron chi connectivity index (χ2n) is 5.41. The molecule has 0 atom stereocenters. The SMILES string of the molecule is CCNS(=O)(=O)N1CCN(C(=O)CCc2ccc(Cl)cc2)CC1. The Morgan fingerprint density at radius 2 is 1.78 bits per heavy atom. The van der Waals surface area contributed by atoms with E-state index in [1.807, 2.05) is 24.3 Å². The maximum absolute atomic E-state index is 12.2. The highest BCUT2D eigenvalue weighted by molar-refractivity contribution is 7.87. The van der Waals surface area contributed by atoms with Gasteiger partial charge >= 0.3 is 0 Å². The second-order valence-corrected chi connectivity index (χ2v) is 7.60. The number of hydrogen-bond donors (Lipinski definition) is 1. The average Bonchev–Trinajstić information content (AvgIpc) is 2.54. The lowest BCUT2D eigenvalue weighted by Crippen LogP contribution is -2.53. The molecule has 8 heteroatoms. The van der Waals surface area contributed by atoms with Gasteiger partial charge in [-0.1, -0.05) is 30.7 Å². The van der Waals surface area contributed by atoms with Crippen molar-refractivity contribution < 1.29 is 13.2 Å². The Morgan fingerprint density at radius 1 is 1.17 bits per heavy atom. The molecule has 1 aromatic rings. The molecule has 0 aliphatic carbocycles. The Morgan fingerprint density at radius 3 is 2.35 bits per heavy atom. The van der Waals surface area contributed by atoms with Gasteiger partial charge < -0.3 is 4.90 Å². The minimum atomic E-state index is -3.41. The first-order valence-corrected chi connectivity index (χ1v) is 9.51. The fraction of sp³-hybridized carbons (Fsp3) is 0.533. The molecule has 1 heterocycles. The van der Waals surface area contributed by atoms with Gasteiger partial charge in [0.2, 0.25) is 5.91 Å². The second kappa shape index (κ2) is 8.10. The predicted molar refractivity (Wildman–Crippen MR) is 90.5 cm³/mol. The predicted octanol–water partition coefficient (Wildman–Crippen LogP) is 1.27. The van der Waals surface area contributed by atoms with Gasteiger partial charge in [-0.15, -0.1) is 0 Å². The van der Waals surface area contributed by atoms with Gasteiger partial charge in [0.05, 0.1) is 0 Å². The van der Waals surface area contributed by atoms with Crippen LogP contribution in [-0.2, 0) is 21.4 Å². The summed E-state index contributed by atoms with van der Waals surface area (Å²) in [5.74, 6) is 0.0560. The first-order chi connectivity index (χ1) is 10.9. The van der Waals surface area contributed by atoms with Crippen molar-refractivity contribution >= 4 is 27.7 Å². The molecule has 2 rings (SSSR count). The fourth-order valence-electron chi connectivity index (χ4n) is 2.51. The molecule has 6 nitrogen and oxygen atoms in total. The molecule has 1 saturated heterocycles. The summed E-state index contributed by atoms with van der Waals surface area (Å²) in [7, 11) is -3.41.